The molecule has 21 heavy (non-hydrogen) atoms. The van der Waals surface area contributed by atoms with Gasteiger partial charge in [0.2, 0.25) is 0 Å². The third-order valence-corrected chi connectivity index (χ3v) is 3.13. The highest BCUT2D eigenvalue weighted by atomic mass is 35.5. The minimum absolute atomic E-state index is 0.00981. The third kappa shape index (κ3) is 3.89. The summed E-state index contributed by atoms with van der Waals surface area (Å²) in [6.45, 7) is -0.752. The van der Waals surface area contributed by atoms with Crippen LogP contribution in [-0.2, 0) is 0 Å². The van der Waals surface area contributed by atoms with E-state index < -0.39 is 6.55 Å². The van der Waals surface area contributed by atoms with Crippen LogP contribution in [0.2, 0.25) is 5.15 Å². The normalized spacial score (nSPS) is 12.7. The van der Waals surface area contributed by atoms with Crippen molar-refractivity contribution < 1.29 is 13.9 Å². The van der Waals surface area contributed by atoms with Gasteiger partial charge in [-0.25, -0.2) is 9.67 Å². The highest BCUT2D eigenvalue weighted by molar-refractivity contribution is 6.29. The number of aromatic nitrogens is 3. The number of nitrogens with one attached hydrogen (secondary N) is 1. The second kappa shape index (κ2) is 6.82. The summed E-state index contributed by atoms with van der Waals surface area (Å²) < 4.78 is 25.8. The lowest BCUT2D eigenvalue weighted by Gasteiger charge is -2.16. The van der Waals surface area contributed by atoms with Gasteiger partial charge in [0.15, 0.2) is 0 Å². The number of aliphatic hydroxyl groups is 1. The molecule has 114 valence electrons. The van der Waals surface area contributed by atoms with Crippen molar-refractivity contribution in [2.75, 3.05) is 11.9 Å². The van der Waals surface area contributed by atoms with Crippen molar-refractivity contribution >= 4 is 17.3 Å². The number of halogens is 3. The fourth-order valence-corrected chi connectivity index (χ4v) is 2.03. The zero-order chi connectivity index (χ0) is 15.4. The smallest absolute Gasteiger partial charge is 0.333 e. The van der Waals surface area contributed by atoms with Gasteiger partial charge in [0, 0.05) is 36.3 Å². The highest BCUT2D eigenvalue weighted by Gasteiger charge is 2.14. The number of hydrogen-bond acceptors (Lipinski definition) is 4. The maximum Gasteiger partial charge on any atom is 0.333 e. The Morgan fingerprint density at radius 2 is 2.24 bits per heavy atom. The predicted molar refractivity (Wildman–Crippen MR) is 76.5 cm³/mol. The minimum atomic E-state index is -2.69. The maximum atomic E-state index is 12.6. The van der Waals surface area contributed by atoms with Gasteiger partial charge < -0.3 is 10.4 Å². The van der Waals surface area contributed by atoms with Crippen LogP contribution in [-0.4, -0.2) is 32.5 Å². The van der Waals surface area contributed by atoms with Crippen LogP contribution in [0.25, 0.3) is 11.3 Å². The molecule has 0 bridgehead atoms. The molecule has 0 aliphatic rings. The monoisotopic (exact) mass is 316 g/mol. The first-order valence-electron chi connectivity index (χ1n) is 6.38. The Morgan fingerprint density at radius 3 is 2.86 bits per heavy atom. The molecule has 8 heteroatoms. The van der Waals surface area contributed by atoms with Crippen molar-refractivity contribution in [2.45, 2.75) is 25.9 Å². The SMILES string of the molecule is C[C@H](CCO)Nc1cc(Cl)ncc1-c1ccn(C(F)F)n1. The van der Waals surface area contributed by atoms with Crippen LogP contribution in [0.3, 0.4) is 0 Å². The number of nitrogens with zero attached hydrogens (tertiary/aromatic N) is 3. The summed E-state index contributed by atoms with van der Waals surface area (Å²) in [6, 6.07) is 3.08. The first-order valence-corrected chi connectivity index (χ1v) is 6.75. The zero-order valence-electron chi connectivity index (χ0n) is 11.3. The summed E-state index contributed by atoms with van der Waals surface area (Å²) in [5.41, 5.74) is 1.58. The molecule has 1 atom stereocenters. The van der Waals surface area contributed by atoms with Gasteiger partial charge >= 0.3 is 6.55 Å². The fraction of sp³-hybridized carbons (Fsp3) is 0.385. The molecule has 2 heterocycles. The number of anilines is 1. The molecular formula is C13H15ClF2N4O. The lowest BCUT2D eigenvalue weighted by atomic mass is 10.1. The van der Waals surface area contributed by atoms with Crippen molar-refractivity contribution in [1.82, 2.24) is 14.8 Å². The van der Waals surface area contributed by atoms with Crippen molar-refractivity contribution in [1.29, 1.82) is 0 Å². The Kier molecular flexibility index (Phi) is 5.08. The fourth-order valence-electron chi connectivity index (χ4n) is 1.88. The number of pyridine rings is 1. The van der Waals surface area contributed by atoms with Gasteiger partial charge in [0.1, 0.15) is 5.15 Å². The third-order valence-electron chi connectivity index (χ3n) is 2.92. The van der Waals surface area contributed by atoms with E-state index in [-0.39, 0.29) is 17.8 Å². The Labute approximate surface area is 125 Å². The molecule has 5 nitrogen and oxygen atoms in total. The molecule has 2 N–H and O–H groups in total. The van der Waals surface area contributed by atoms with E-state index in [4.69, 9.17) is 16.7 Å². The molecule has 0 amide bonds. The molecule has 0 aliphatic heterocycles. The van der Waals surface area contributed by atoms with Gasteiger partial charge in [-0.1, -0.05) is 11.6 Å². The molecule has 2 aromatic heterocycles. The summed E-state index contributed by atoms with van der Waals surface area (Å²) in [5.74, 6) is 0. The summed E-state index contributed by atoms with van der Waals surface area (Å²) in [6.07, 6.45) is 3.23. The number of alkyl halides is 2. The summed E-state index contributed by atoms with van der Waals surface area (Å²) in [7, 11) is 0. The van der Waals surface area contributed by atoms with Gasteiger partial charge in [-0.3, -0.25) is 0 Å². The second-order valence-corrected chi connectivity index (χ2v) is 4.96. The van der Waals surface area contributed by atoms with Gasteiger partial charge in [-0.05, 0) is 25.5 Å². The molecule has 0 fully saturated rings. The first kappa shape index (κ1) is 15.7. The molecule has 0 saturated heterocycles. The van der Waals surface area contributed by atoms with Gasteiger partial charge in [0.05, 0.1) is 5.69 Å². The van der Waals surface area contributed by atoms with Gasteiger partial charge in [-0.15, -0.1) is 0 Å². The molecule has 2 aromatic rings. The molecule has 0 unspecified atom stereocenters. The largest absolute Gasteiger partial charge is 0.396 e. The summed E-state index contributed by atoms with van der Waals surface area (Å²) in [4.78, 5) is 3.96. The highest BCUT2D eigenvalue weighted by Crippen LogP contribution is 2.29. The summed E-state index contributed by atoms with van der Waals surface area (Å²) >= 11 is 5.87. The van der Waals surface area contributed by atoms with E-state index in [1.807, 2.05) is 6.92 Å². The number of rotatable bonds is 6. The van der Waals surface area contributed by atoms with E-state index in [1.165, 1.54) is 18.5 Å². The van der Waals surface area contributed by atoms with Crippen molar-refractivity contribution in [3.8, 4) is 11.3 Å². The van der Waals surface area contributed by atoms with Gasteiger partial charge in [-0.2, -0.15) is 13.9 Å². The molecule has 0 saturated carbocycles. The molecular weight excluding hydrogens is 302 g/mol. The Morgan fingerprint density at radius 1 is 1.48 bits per heavy atom. The van der Waals surface area contributed by atoms with Crippen molar-refractivity contribution in [2.24, 2.45) is 0 Å². The van der Waals surface area contributed by atoms with Crippen LogP contribution in [0.5, 0.6) is 0 Å². The standard InChI is InChI=1S/C13H15ClF2N4O/c1-8(3-5-21)18-11-6-12(14)17-7-9(11)10-2-4-20(19-10)13(15)16/h2,4,6-8,13,21H,3,5H2,1H3,(H,17,18)/t8-/m1/s1. The molecule has 0 aliphatic carbocycles. The van der Waals surface area contributed by atoms with Crippen LogP contribution >= 0.6 is 11.6 Å². The van der Waals surface area contributed by atoms with E-state index in [0.717, 1.165) is 0 Å². The van der Waals surface area contributed by atoms with Crippen molar-refractivity contribution in [3.05, 3.63) is 29.7 Å². The van der Waals surface area contributed by atoms with E-state index in [9.17, 15) is 8.78 Å². The molecule has 2 rings (SSSR count). The van der Waals surface area contributed by atoms with E-state index in [1.54, 1.807) is 6.07 Å². The molecule has 0 spiro atoms. The lowest BCUT2D eigenvalue weighted by molar-refractivity contribution is 0.0568. The quantitative estimate of drug-likeness (QED) is 0.803. The van der Waals surface area contributed by atoms with E-state index in [0.29, 0.717) is 28.0 Å². The topological polar surface area (TPSA) is 63.0 Å². The Balaban J connectivity index is 2.33. The maximum absolute atomic E-state index is 12.6. The molecule has 0 radical (unpaired) electrons. The minimum Gasteiger partial charge on any atom is -0.396 e. The van der Waals surface area contributed by atoms with Crippen LogP contribution in [0, 0.1) is 0 Å². The molecule has 0 aromatic carbocycles. The Bertz CT molecular complexity index is 606. The average Bonchev–Trinajstić information content (AvgIpc) is 2.88. The van der Waals surface area contributed by atoms with Gasteiger partial charge in [0.25, 0.3) is 0 Å². The lowest BCUT2D eigenvalue weighted by Crippen LogP contribution is -2.17. The van der Waals surface area contributed by atoms with Crippen LogP contribution in [0.15, 0.2) is 24.5 Å². The van der Waals surface area contributed by atoms with Crippen LogP contribution in [0.4, 0.5) is 14.5 Å². The number of hydrogen-bond donors (Lipinski definition) is 2. The van der Waals surface area contributed by atoms with Crippen LogP contribution < -0.4 is 5.32 Å². The van der Waals surface area contributed by atoms with E-state index in [2.05, 4.69) is 15.4 Å². The zero-order valence-corrected chi connectivity index (χ0v) is 12.1. The first-order chi connectivity index (χ1) is 10.0. The van der Waals surface area contributed by atoms with Crippen molar-refractivity contribution in [3.63, 3.8) is 0 Å². The Hall–Kier alpha value is -1.73. The van der Waals surface area contributed by atoms with E-state index >= 15 is 0 Å². The number of aliphatic hydroxyl groups excluding tert-OH is 1. The average molecular weight is 317 g/mol. The second-order valence-electron chi connectivity index (χ2n) is 4.57. The summed E-state index contributed by atoms with van der Waals surface area (Å²) in [5, 5.41) is 16.2. The predicted octanol–water partition coefficient (Wildman–Crippen LogP) is 3.18. The van der Waals surface area contributed by atoms with Crippen LogP contribution in [0.1, 0.15) is 19.9 Å².